The minimum absolute atomic E-state index is 0.181. The van der Waals surface area contributed by atoms with Crippen LogP contribution < -0.4 is 31.8 Å². The Morgan fingerprint density at radius 2 is 0.587 bits per heavy atom. The van der Waals surface area contributed by atoms with Crippen molar-refractivity contribution < 1.29 is 9.13 Å². The summed E-state index contributed by atoms with van der Waals surface area (Å²) in [7, 11) is -6.84. The van der Waals surface area contributed by atoms with Gasteiger partial charge in [-0.25, -0.2) is 0 Å². The Bertz CT molecular complexity index is 1680. The second-order valence-corrected chi connectivity index (χ2v) is 19.0. The normalized spacial score (nSPS) is 12.4. The molecule has 0 atom stereocenters. The molecule has 0 aromatic heterocycles. The highest BCUT2D eigenvalue weighted by atomic mass is 31.2. The molecule has 46 heavy (non-hydrogen) atoms. The molecule has 5 aromatic rings. The minimum Gasteiger partial charge on any atom is -0.309 e. The average molecular weight is 647 g/mol. The van der Waals surface area contributed by atoms with Gasteiger partial charge >= 0.3 is 0 Å². The van der Waals surface area contributed by atoms with E-state index in [0.29, 0.717) is 0 Å². The quantitative estimate of drug-likeness (QED) is 0.142. The molecule has 0 heterocycles. The van der Waals surface area contributed by atoms with Crippen molar-refractivity contribution in [3.63, 3.8) is 0 Å². The molecule has 0 fully saturated rings. The predicted molar refractivity (Wildman–Crippen MR) is 202 cm³/mol. The SMILES string of the molecule is CC(C)c1ccccc1P(=O)(c1cccc(P(=O)(c2ccccc2C(C)C)c2ccccc2C(C)C)c1)c1ccccc1C(C)C. The van der Waals surface area contributed by atoms with Crippen molar-refractivity contribution in [2.24, 2.45) is 0 Å². The molecule has 0 N–H and O–H groups in total. The third-order valence-electron chi connectivity index (χ3n) is 9.15. The standard InChI is InChI=1S/C42H48O2P2/c1-29(2)35-20-9-13-24-39(35)45(43,40-25-14-10-21-36(40)30(3)4)33-18-17-19-34(28-33)46(44,41-26-15-11-22-37(41)31(5)6)42-27-16-12-23-38(42)32(7)8/h9-32H,1-8H3. The zero-order valence-electron chi connectivity index (χ0n) is 28.6. The van der Waals surface area contributed by atoms with E-state index in [9.17, 15) is 0 Å². The van der Waals surface area contributed by atoms with E-state index in [4.69, 9.17) is 0 Å². The van der Waals surface area contributed by atoms with Crippen LogP contribution in [0.3, 0.4) is 0 Å². The Kier molecular flexibility index (Phi) is 10.1. The summed E-state index contributed by atoms with van der Waals surface area (Å²) in [5.74, 6) is 0.725. The van der Waals surface area contributed by atoms with E-state index in [1.165, 1.54) is 0 Å². The first-order valence-corrected chi connectivity index (χ1v) is 20.0. The number of rotatable bonds is 10. The lowest BCUT2D eigenvalue weighted by molar-refractivity contribution is 0.591. The Morgan fingerprint density at radius 1 is 0.348 bits per heavy atom. The Hall–Kier alpha value is -3.44. The zero-order chi connectivity index (χ0) is 33.2. The molecule has 0 amide bonds. The van der Waals surface area contributed by atoms with Crippen LogP contribution in [0, 0.1) is 0 Å². The molecule has 0 bridgehead atoms. The third kappa shape index (κ3) is 6.03. The van der Waals surface area contributed by atoms with Crippen LogP contribution in [0.2, 0.25) is 0 Å². The van der Waals surface area contributed by atoms with Gasteiger partial charge in [-0.05, 0) is 52.0 Å². The van der Waals surface area contributed by atoms with Gasteiger partial charge in [-0.15, -0.1) is 0 Å². The van der Waals surface area contributed by atoms with Gasteiger partial charge in [0.15, 0.2) is 14.3 Å². The second kappa shape index (κ2) is 13.7. The van der Waals surface area contributed by atoms with Crippen molar-refractivity contribution in [2.45, 2.75) is 79.1 Å². The fourth-order valence-corrected chi connectivity index (χ4v) is 13.7. The van der Waals surface area contributed by atoms with E-state index >= 15 is 9.13 Å². The summed E-state index contributed by atoms with van der Waals surface area (Å²) < 4.78 is 32.6. The molecule has 5 aromatic carbocycles. The van der Waals surface area contributed by atoms with Crippen LogP contribution in [0.4, 0.5) is 0 Å². The molecule has 0 aliphatic carbocycles. The number of hydrogen-bond donors (Lipinski definition) is 0. The average Bonchev–Trinajstić information content (AvgIpc) is 3.07. The van der Waals surface area contributed by atoms with Gasteiger partial charge in [0.25, 0.3) is 0 Å². The van der Waals surface area contributed by atoms with E-state index in [-0.39, 0.29) is 23.7 Å². The van der Waals surface area contributed by atoms with Gasteiger partial charge in [0.05, 0.1) is 0 Å². The first-order chi connectivity index (χ1) is 21.9. The molecule has 0 spiro atoms. The van der Waals surface area contributed by atoms with Crippen molar-refractivity contribution in [1.29, 1.82) is 0 Å². The van der Waals surface area contributed by atoms with Crippen LogP contribution in [-0.2, 0) is 9.13 Å². The van der Waals surface area contributed by atoms with Gasteiger partial charge < -0.3 is 9.13 Å². The summed E-state index contributed by atoms with van der Waals surface area (Å²) in [6.45, 7) is 17.3. The topological polar surface area (TPSA) is 34.1 Å². The monoisotopic (exact) mass is 646 g/mol. The van der Waals surface area contributed by atoms with Crippen LogP contribution in [0.5, 0.6) is 0 Å². The van der Waals surface area contributed by atoms with Crippen LogP contribution >= 0.6 is 14.3 Å². The highest BCUT2D eigenvalue weighted by Gasteiger charge is 2.39. The fourth-order valence-electron chi connectivity index (χ4n) is 6.75. The lowest BCUT2D eigenvalue weighted by Crippen LogP contribution is -2.34. The van der Waals surface area contributed by atoms with Crippen LogP contribution in [-0.4, -0.2) is 0 Å². The highest BCUT2D eigenvalue weighted by molar-refractivity contribution is 7.87. The summed E-state index contributed by atoms with van der Waals surface area (Å²) in [6, 6.07) is 40.7. The van der Waals surface area contributed by atoms with E-state index in [1.54, 1.807) is 0 Å². The summed E-state index contributed by atoms with van der Waals surface area (Å²) >= 11 is 0. The molecule has 0 aliphatic rings. The van der Waals surface area contributed by atoms with Crippen molar-refractivity contribution >= 4 is 46.1 Å². The van der Waals surface area contributed by atoms with Gasteiger partial charge in [-0.2, -0.15) is 0 Å². The number of hydrogen-bond acceptors (Lipinski definition) is 2. The molecule has 0 saturated carbocycles. The van der Waals surface area contributed by atoms with Gasteiger partial charge in [0, 0.05) is 31.8 Å². The Balaban J connectivity index is 1.91. The molecular weight excluding hydrogens is 598 g/mol. The number of benzene rings is 5. The maximum Gasteiger partial charge on any atom is 0.171 e. The highest BCUT2D eigenvalue weighted by Crippen LogP contribution is 2.49. The third-order valence-corrected chi connectivity index (χ3v) is 15.5. The molecule has 0 radical (unpaired) electrons. The second-order valence-electron chi connectivity index (χ2n) is 13.6. The summed E-state index contributed by atoms with van der Waals surface area (Å²) in [5, 5.41) is 4.86. The molecular formula is C42H48O2P2. The van der Waals surface area contributed by atoms with Gasteiger partial charge in [-0.3, -0.25) is 0 Å². The summed E-state index contributed by atoms with van der Waals surface area (Å²) in [4.78, 5) is 0. The Morgan fingerprint density at radius 3 is 0.826 bits per heavy atom. The van der Waals surface area contributed by atoms with Crippen molar-refractivity contribution in [2.75, 3.05) is 0 Å². The van der Waals surface area contributed by atoms with Crippen LogP contribution in [0.1, 0.15) is 101 Å². The lowest BCUT2D eigenvalue weighted by atomic mass is 10.0. The van der Waals surface area contributed by atoms with Gasteiger partial charge in [0.2, 0.25) is 0 Å². The smallest absolute Gasteiger partial charge is 0.171 e. The summed E-state index contributed by atoms with van der Waals surface area (Å²) in [6.07, 6.45) is 0. The molecule has 5 rings (SSSR count). The van der Waals surface area contributed by atoms with E-state index in [1.807, 2.05) is 97.1 Å². The van der Waals surface area contributed by atoms with Crippen molar-refractivity contribution in [3.05, 3.63) is 144 Å². The molecule has 2 nitrogen and oxygen atoms in total. The lowest BCUT2D eigenvalue weighted by Gasteiger charge is -2.29. The van der Waals surface area contributed by atoms with Gasteiger partial charge in [-0.1, -0.05) is 171 Å². The zero-order valence-corrected chi connectivity index (χ0v) is 30.4. The van der Waals surface area contributed by atoms with Crippen molar-refractivity contribution in [3.8, 4) is 0 Å². The first-order valence-electron chi connectivity index (χ1n) is 16.6. The largest absolute Gasteiger partial charge is 0.309 e. The Labute approximate surface area is 277 Å². The maximum atomic E-state index is 16.3. The summed E-state index contributed by atoms with van der Waals surface area (Å²) in [5.41, 5.74) is 4.31. The van der Waals surface area contributed by atoms with Gasteiger partial charge in [0.1, 0.15) is 0 Å². The molecule has 0 unspecified atom stereocenters. The molecule has 0 saturated heterocycles. The van der Waals surface area contributed by atoms with Crippen molar-refractivity contribution in [1.82, 2.24) is 0 Å². The van der Waals surface area contributed by atoms with E-state index in [0.717, 1.165) is 54.1 Å². The van der Waals surface area contributed by atoms with Crippen LogP contribution in [0.15, 0.2) is 121 Å². The molecule has 4 heteroatoms. The van der Waals surface area contributed by atoms with E-state index < -0.39 is 14.3 Å². The minimum atomic E-state index is -3.42. The fraction of sp³-hybridized carbons (Fsp3) is 0.286. The maximum absolute atomic E-state index is 16.3. The molecule has 238 valence electrons. The van der Waals surface area contributed by atoms with E-state index in [2.05, 4.69) is 79.7 Å². The molecule has 0 aliphatic heterocycles. The van der Waals surface area contributed by atoms with Crippen LogP contribution in [0.25, 0.3) is 0 Å². The first kappa shape index (κ1) is 33.9. The predicted octanol–water partition coefficient (Wildman–Crippen LogP) is 9.46.